The molecule has 7 nitrogen and oxygen atoms in total. The summed E-state index contributed by atoms with van der Waals surface area (Å²) in [7, 11) is 1.53. The number of ether oxygens (including phenoxy) is 1. The smallest absolute Gasteiger partial charge is 0.212 e. The maximum atomic E-state index is 14.1. The second kappa shape index (κ2) is 9.82. The van der Waals surface area contributed by atoms with Gasteiger partial charge in [-0.2, -0.15) is 0 Å². The van der Waals surface area contributed by atoms with Gasteiger partial charge in [0, 0.05) is 29.4 Å². The molecule has 1 aliphatic rings. The first kappa shape index (κ1) is 23.1. The van der Waals surface area contributed by atoms with Crippen LogP contribution < -0.4 is 15.0 Å². The predicted octanol–water partition coefficient (Wildman–Crippen LogP) is 5.44. The van der Waals surface area contributed by atoms with Crippen molar-refractivity contribution in [1.82, 2.24) is 15.0 Å². The number of fused-ring (bicyclic) bond motifs is 2. The number of anilines is 3. The van der Waals surface area contributed by atoms with E-state index in [1.165, 1.54) is 7.11 Å². The first-order valence-corrected chi connectivity index (χ1v) is 11.1. The van der Waals surface area contributed by atoms with Gasteiger partial charge in [0.15, 0.2) is 11.6 Å². The third kappa shape index (κ3) is 4.14. The highest BCUT2D eigenvalue weighted by atomic mass is 19.1. The summed E-state index contributed by atoms with van der Waals surface area (Å²) in [6.07, 6.45) is 4.54. The maximum Gasteiger partial charge on any atom is 0.212 e. The highest BCUT2D eigenvalue weighted by Gasteiger charge is 2.24. The van der Waals surface area contributed by atoms with Crippen LogP contribution in [0.25, 0.3) is 22.0 Å². The molecule has 2 aromatic carbocycles. The number of hydrogen-bond donors (Lipinski definition) is 1. The Balaban J connectivity index is 0.00000133. The molecule has 2 aromatic heterocycles. The molecule has 3 heterocycles. The molecule has 1 N–H and O–H groups in total. The number of carbonyl (C=O) groups is 1. The minimum absolute atomic E-state index is 0.186. The Labute approximate surface area is 197 Å². The Hall–Kier alpha value is -4.07. The van der Waals surface area contributed by atoms with E-state index in [-0.39, 0.29) is 5.82 Å². The lowest BCUT2D eigenvalue weighted by atomic mass is 10.0. The van der Waals surface area contributed by atoms with E-state index in [4.69, 9.17) is 4.74 Å². The first-order valence-electron chi connectivity index (χ1n) is 11.1. The average Bonchev–Trinajstić information content (AvgIpc) is 3.27. The average molecular weight is 460 g/mol. The summed E-state index contributed by atoms with van der Waals surface area (Å²) in [5.74, 6) is 1.41. The van der Waals surface area contributed by atoms with Crippen LogP contribution in [0.3, 0.4) is 0 Å². The van der Waals surface area contributed by atoms with Gasteiger partial charge in [-0.3, -0.25) is 4.79 Å². The second-order valence-electron chi connectivity index (χ2n) is 7.60. The van der Waals surface area contributed by atoms with Crippen molar-refractivity contribution in [3.63, 3.8) is 0 Å². The van der Waals surface area contributed by atoms with Gasteiger partial charge in [-0.25, -0.2) is 19.3 Å². The highest BCUT2D eigenvalue weighted by molar-refractivity contribution is 5.95. The van der Waals surface area contributed by atoms with Crippen LogP contribution in [0.5, 0.6) is 5.75 Å². The van der Waals surface area contributed by atoms with Crippen molar-refractivity contribution < 1.29 is 13.9 Å². The summed E-state index contributed by atoms with van der Waals surface area (Å²) in [6.45, 7) is 6.49. The minimum atomic E-state index is -0.186. The molecule has 0 spiro atoms. The molecule has 1 aliphatic heterocycles. The van der Waals surface area contributed by atoms with E-state index >= 15 is 0 Å². The number of carbonyl (C=O) groups excluding carboxylic acids is 1. The predicted molar refractivity (Wildman–Crippen MR) is 132 cm³/mol. The van der Waals surface area contributed by atoms with Crippen molar-refractivity contribution in [1.29, 1.82) is 0 Å². The van der Waals surface area contributed by atoms with Crippen LogP contribution in [0.15, 0.2) is 48.9 Å². The van der Waals surface area contributed by atoms with Crippen molar-refractivity contribution in [2.45, 2.75) is 27.2 Å². The largest absolute Gasteiger partial charge is 0.493 e. The maximum absolute atomic E-state index is 14.1. The number of aromatic nitrogens is 3. The second-order valence-corrected chi connectivity index (χ2v) is 7.60. The molecule has 0 atom stereocenters. The quantitative estimate of drug-likeness (QED) is 0.401. The molecule has 0 unspecified atom stereocenters. The normalized spacial score (nSPS) is 12.1. The SMILES string of the molecule is CC.COc1cc(-c2ccc3ncnc(N4CCc5cc(F)c(C)cc54)c3c2)cnc1NC=O. The summed E-state index contributed by atoms with van der Waals surface area (Å²) in [5, 5.41) is 3.41. The summed E-state index contributed by atoms with van der Waals surface area (Å²) in [6, 6.07) is 11.2. The van der Waals surface area contributed by atoms with Gasteiger partial charge in [0.1, 0.15) is 18.0 Å². The van der Waals surface area contributed by atoms with Crippen molar-refractivity contribution in [2.75, 3.05) is 23.9 Å². The lowest BCUT2D eigenvalue weighted by Crippen LogP contribution is -2.15. The Morgan fingerprint density at radius 1 is 1.09 bits per heavy atom. The van der Waals surface area contributed by atoms with Crippen LogP contribution in [0.2, 0.25) is 0 Å². The zero-order valence-electron chi connectivity index (χ0n) is 19.6. The van der Waals surface area contributed by atoms with E-state index in [1.807, 2.05) is 44.2 Å². The topological polar surface area (TPSA) is 80.2 Å². The fourth-order valence-corrected chi connectivity index (χ4v) is 4.09. The Kier molecular flexibility index (Phi) is 6.67. The van der Waals surface area contributed by atoms with Crippen molar-refractivity contribution in [3.05, 3.63) is 65.9 Å². The fourth-order valence-electron chi connectivity index (χ4n) is 4.09. The summed E-state index contributed by atoms with van der Waals surface area (Å²) < 4.78 is 19.4. The molecule has 0 radical (unpaired) electrons. The van der Waals surface area contributed by atoms with Crippen LogP contribution in [0.4, 0.5) is 21.7 Å². The number of halogens is 1. The van der Waals surface area contributed by atoms with Gasteiger partial charge in [0.25, 0.3) is 0 Å². The van der Waals surface area contributed by atoms with Crippen molar-refractivity contribution >= 4 is 34.6 Å². The van der Waals surface area contributed by atoms with Gasteiger partial charge in [-0.05, 0) is 60.4 Å². The van der Waals surface area contributed by atoms with Crippen molar-refractivity contribution in [3.8, 4) is 16.9 Å². The number of aryl methyl sites for hydroxylation is 1. The third-order valence-electron chi connectivity index (χ3n) is 5.73. The monoisotopic (exact) mass is 459 g/mol. The molecule has 1 amide bonds. The molecule has 0 bridgehead atoms. The third-order valence-corrected chi connectivity index (χ3v) is 5.73. The van der Waals surface area contributed by atoms with E-state index < -0.39 is 0 Å². The molecule has 5 rings (SSSR count). The number of hydrogen-bond acceptors (Lipinski definition) is 6. The Morgan fingerprint density at radius 2 is 1.91 bits per heavy atom. The molecule has 0 saturated heterocycles. The van der Waals surface area contributed by atoms with Gasteiger partial charge in [-0.1, -0.05) is 19.9 Å². The number of rotatable bonds is 5. The van der Waals surface area contributed by atoms with E-state index in [0.29, 0.717) is 23.5 Å². The lowest BCUT2D eigenvalue weighted by molar-refractivity contribution is -0.105. The zero-order valence-corrected chi connectivity index (χ0v) is 19.6. The van der Waals surface area contributed by atoms with Gasteiger partial charge in [-0.15, -0.1) is 0 Å². The number of nitrogens with one attached hydrogen (secondary N) is 1. The van der Waals surface area contributed by atoms with Crippen LogP contribution >= 0.6 is 0 Å². The summed E-state index contributed by atoms with van der Waals surface area (Å²) >= 11 is 0. The standard InChI is InChI=1S/C24H20FN5O2.C2H6/c1-14-7-21-16(9-19(14)25)5-6-30(21)24-18-8-15(3-4-20(18)27-12-28-24)17-10-22(32-2)23(26-11-17)29-13-31;1-2/h3-4,7-13H,5-6H2,1-2H3,(H,26,29,31);1-2H3. The van der Waals surface area contributed by atoms with Gasteiger partial charge < -0.3 is 15.0 Å². The molecular weight excluding hydrogens is 433 g/mol. The van der Waals surface area contributed by atoms with Crippen LogP contribution in [-0.2, 0) is 11.2 Å². The molecule has 0 aliphatic carbocycles. The van der Waals surface area contributed by atoms with Crippen molar-refractivity contribution in [2.24, 2.45) is 0 Å². The van der Waals surface area contributed by atoms with E-state index in [2.05, 4.69) is 25.2 Å². The minimum Gasteiger partial charge on any atom is -0.493 e. The fraction of sp³-hybridized carbons (Fsp3) is 0.231. The van der Waals surface area contributed by atoms with E-state index in [0.717, 1.165) is 52.1 Å². The van der Waals surface area contributed by atoms with Crippen LogP contribution in [0, 0.1) is 12.7 Å². The number of benzene rings is 2. The molecule has 4 aromatic rings. The number of methoxy groups -OCH3 is 1. The highest BCUT2D eigenvalue weighted by Crippen LogP contribution is 2.39. The number of nitrogens with zero attached hydrogens (tertiary/aromatic N) is 4. The molecule has 174 valence electrons. The molecule has 0 fully saturated rings. The molecular formula is C26H26FN5O2. The van der Waals surface area contributed by atoms with E-state index in [1.54, 1.807) is 25.5 Å². The Morgan fingerprint density at radius 3 is 2.68 bits per heavy atom. The van der Waals surface area contributed by atoms with Gasteiger partial charge >= 0.3 is 0 Å². The Bertz CT molecular complexity index is 1360. The van der Waals surface area contributed by atoms with Crippen LogP contribution in [-0.4, -0.2) is 35.0 Å². The number of amides is 1. The molecule has 8 heteroatoms. The van der Waals surface area contributed by atoms with Crippen LogP contribution in [0.1, 0.15) is 25.0 Å². The lowest BCUT2D eigenvalue weighted by Gasteiger charge is -2.20. The van der Waals surface area contributed by atoms with Gasteiger partial charge in [0.2, 0.25) is 6.41 Å². The molecule has 34 heavy (non-hydrogen) atoms. The zero-order chi connectivity index (χ0) is 24.2. The summed E-state index contributed by atoms with van der Waals surface area (Å²) in [4.78, 5) is 26.2. The summed E-state index contributed by atoms with van der Waals surface area (Å²) in [5.41, 5.74) is 5.11. The van der Waals surface area contributed by atoms with E-state index in [9.17, 15) is 9.18 Å². The molecule has 0 saturated carbocycles. The van der Waals surface area contributed by atoms with Gasteiger partial charge in [0.05, 0.1) is 12.6 Å². The number of pyridine rings is 1. The first-order chi connectivity index (χ1) is 16.6.